The second-order valence-corrected chi connectivity index (χ2v) is 6.08. The third-order valence-corrected chi connectivity index (χ3v) is 4.65. The first-order valence-electron chi connectivity index (χ1n) is 8.05. The predicted molar refractivity (Wildman–Crippen MR) is 89.3 cm³/mol. The Labute approximate surface area is 135 Å². The summed E-state index contributed by atoms with van der Waals surface area (Å²) < 4.78 is 1.52. The lowest BCUT2D eigenvalue weighted by Gasteiger charge is -2.38. The van der Waals surface area contributed by atoms with Gasteiger partial charge >= 0.3 is 0 Å². The fourth-order valence-corrected chi connectivity index (χ4v) is 3.03. The summed E-state index contributed by atoms with van der Waals surface area (Å²) >= 11 is 0. The summed E-state index contributed by atoms with van der Waals surface area (Å²) in [5, 5.41) is 3.95. The van der Waals surface area contributed by atoms with Crippen molar-refractivity contribution in [2.24, 2.45) is 0 Å². The molecule has 1 fully saturated rings. The number of aromatic nitrogens is 2. The SMILES string of the molecule is CC1NCCN(C(=O)CCn2cnc3ccccc3c2=O)C1C. The molecule has 2 unspecified atom stereocenters. The van der Waals surface area contributed by atoms with Gasteiger partial charge in [0.2, 0.25) is 5.91 Å². The van der Waals surface area contributed by atoms with E-state index < -0.39 is 0 Å². The first kappa shape index (κ1) is 15.7. The van der Waals surface area contributed by atoms with Gasteiger partial charge in [0.15, 0.2) is 0 Å². The lowest BCUT2D eigenvalue weighted by atomic mass is 10.1. The van der Waals surface area contributed by atoms with Gasteiger partial charge in [-0.15, -0.1) is 0 Å². The van der Waals surface area contributed by atoms with Gasteiger partial charge in [-0.2, -0.15) is 0 Å². The number of carbonyl (C=O) groups excluding carboxylic acids is 1. The first-order valence-corrected chi connectivity index (χ1v) is 8.05. The number of fused-ring (bicyclic) bond motifs is 1. The molecule has 23 heavy (non-hydrogen) atoms. The maximum Gasteiger partial charge on any atom is 0.261 e. The number of benzene rings is 1. The summed E-state index contributed by atoms with van der Waals surface area (Å²) in [6.45, 7) is 6.03. The largest absolute Gasteiger partial charge is 0.337 e. The Morgan fingerprint density at radius 1 is 1.35 bits per heavy atom. The molecule has 1 saturated heterocycles. The van der Waals surface area contributed by atoms with Crippen LogP contribution in [0.25, 0.3) is 10.9 Å². The Bertz CT molecular complexity index is 771. The zero-order chi connectivity index (χ0) is 16.4. The molecule has 0 aliphatic carbocycles. The number of hydrogen-bond donors (Lipinski definition) is 1. The quantitative estimate of drug-likeness (QED) is 0.917. The van der Waals surface area contributed by atoms with Gasteiger partial charge in [-0.05, 0) is 26.0 Å². The molecule has 2 heterocycles. The van der Waals surface area contributed by atoms with Crippen LogP contribution in [-0.2, 0) is 11.3 Å². The van der Waals surface area contributed by atoms with Crippen LogP contribution in [0.5, 0.6) is 0 Å². The van der Waals surface area contributed by atoms with Gasteiger partial charge in [0.05, 0.1) is 17.2 Å². The van der Waals surface area contributed by atoms with Gasteiger partial charge in [0.25, 0.3) is 5.56 Å². The van der Waals surface area contributed by atoms with Crippen molar-refractivity contribution in [2.45, 2.75) is 38.9 Å². The third kappa shape index (κ3) is 3.12. The second-order valence-electron chi connectivity index (χ2n) is 6.08. The lowest BCUT2D eigenvalue weighted by molar-refractivity contribution is -0.135. The van der Waals surface area contributed by atoms with E-state index in [0.29, 0.717) is 23.9 Å². The Morgan fingerprint density at radius 3 is 2.96 bits per heavy atom. The maximum absolute atomic E-state index is 12.5. The average Bonchev–Trinajstić information content (AvgIpc) is 2.57. The minimum Gasteiger partial charge on any atom is -0.337 e. The van der Waals surface area contributed by atoms with Crippen molar-refractivity contribution in [1.82, 2.24) is 19.8 Å². The fraction of sp³-hybridized carbons (Fsp3) is 0.471. The Morgan fingerprint density at radius 2 is 2.13 bits per heavy atom. The maximum atomic E-state index is 12.5. The van der Waals surface area contributed by atoms with Crippen molar-refractivity contribution >= 4 is 16.8 Å². The number of para-hydroxylation sites is 1. The number of nitrogens with one attached hydrogen (secondary N) is 1. The molecule has 0 bridgehead atoms. The summed E-state index contributed by atoms with van der Waals surface area (Å²) in [5.41, 5.74) is 0.592. The van der Waals surface area contributed by atoms with Crippen molar-refractivity contribution in [3.8, 4) is 0 Å². The normalized spacial score (nSPS) is 21.6. The highest BCUT2D eigenvalue weighted by molar-refractivity contribution is 5.78. The molecule has 122 valence electrons. The van der Waals surface area contributed by atoms with E-state index in [-0.39, 0.29) is 23.6 Å². The minimum atomic E-state index is -0.0925. The van der Waals surface area contributed by atoms with Crippen LogP contribution in [0.2, 0.25) is 0 Å². The fourth-order valence-electron chi connectivity index (χ4n) is 3.03. The van der Waals surface area contributed by atoms with Crippen molar-refractivity contribution < 1.29 is 4.79 Å². The number of rotatable bonds is 3. The molecule has 0 saturated carbocycles. The van der Waals surface area contributed by atoms with Crippen LogP contribution in [0.1, 0.15) is 20.3 Å². The van der Waals surface area contributed by atoms with E-state index in [1.807, 2.05) is 23.1 Å². The molecular weight excluding hydrogens is 292 g/mol. The van der Waals surface area contributed by atoms with Crippen LogP contribution in [0.3, 0.4) is 0 Å². The summed E-state index contributed by atoms with van der Waals surface area (Å²) in [4.78, 5) is 31.1. The molecule has 1 aliphatic heterocycles. The van der Waals surface area contributed by atoms with Crippen LogP contribution in [0.4, 0.5) is 0 Å². The molecule has 3 rings (SSSR count). The Kier molecular flexibility index (Phi) is 4.43. The molecule has 6 heteroatoms. The number of amides is 1. The molecule has 2 aromatic rings. The standard InChI is InChI=1S/C17H22N4O2/c1-12-13(2)21(10-8-18-12)16(22)7-9-20-11-19-15-6-4-3-5-14(15)17(20)23/h3-6,11-13,18H,7-10H2,1-2H3. The summed E-state index contributed by atoms with van der Waals surface area (Å²) in [6.07, 6.45) is 1.85. The summed E-state index contributed by atoms with van der Waals surface area (Å²) in [6, 6.07) is 7.72. The summed E-state index contributed by atoms with van der Waals surface area (Å²) in [7, 11) is 0. The zero-order valence-electron chi connectivity index (χ0n) is 13.5. The van der Waals surface area contributed by atoms with E-state index >= 15 is 0 Å². The topological polar surface area (TPSA) is 67.2 Å². The Balaban J connectivity index is 1.72. The first-order chi connectivity index (χ1) is 11.1. The smallest absolute Gasteiger partial charge is 0.261 e. The molecule has 1 amide bonds. The van der Waals surface area contributed by atoms with Crippen LogP contribution in [0, 0.1) is 0 Å². The molecule has 0 spiro atoms. The lowest BCUT2D eigenvalue weighted by Crippen LogP contribution is -2.57. The van der Waals surface area contributed by atoms with Gasteiger partial charge in [0, 0.05) is 38.1 Å². The van der Waals surface area contributed by atoms with E-state index in [1.165, 1.54) is 10.9 Å². The molecular formula is C17H22N4O2. The number of aryl methyl sites for hydroxylation is 1. The monoisotopic (exact) mass is 314 g/mol. The average molecular weight is 314 g/mol. The van der Waals surface area contributed by atoms with Crippen LogP contribution in [0.15, 0.2) is 35.4 Å². The van der Waals surface area contributed by atoms with Crippen molar-refractivity contribution in [3.63, 3.8) is 0 Å². The molecule has 1 aliphatic rings. The molecule has 0 radical (unpaired) electrons. The van der Waals surface area contributed by atoms with E-state index in [2.05, 4.69) is 24.1 Å². The van der Waals surface area contributed by atoms with Gasteiger partial charge in [0.1, 0.15) is 0 Å². The minimum absolute atomic E-state index is 0.0888. The number of hydrogen-bond acceptors (Lipinski definition) is 4. The van der Waals surface area contributed by atoms with E-state index in [4.69, 9.17) is 0 Å². The third-order valence-electron chi connectivity index (χ3n) is 4.65. The summed E-state index contributed by atoms with van der Waals surface area (Å²) in [5.74, 6) is 0.0888. The highest BCUT2D eigenvalue weighted by atomic mass is 16.2. The van der Waals surface area contributed by atoms with Crippen LogP contribution in [-0.4, -0.2) is 45.5 Å². The molecule has 2 atom stereocenters. The van der Waals surface area contributed by atoms with E-state index in [0.717, 1.165) is 13.1 Å². The highest BCUT2D eigenvalue weighted by Crippen LogP contribution is 2.11. The number of piperazine rings is 1. The van der Waals surface area contributed by atoms with Gasteiger partial charge in [-0.1, -0.05) is 12.1 Å². The van der Waals surface area contributed by atoms with E-state index in [1.54, 1.807) is 6.07 Å². The second kappa shape index (κ2) is 6.50. The van der Waals surface area contributed by atoms with Gasteiger partial charge < -0.3 is 10.2 Å². The van der Waals surface area contributed by atoms with Gasteiger partial charge in [-0.3, -0.25) is 14.2 Å². The predicted octanol–water partition coefficient (Wildman–Crippen LogP) is 0.995. The zero-order valence-corrected chi connectivity index (χ0v) is 13.5. The van der Waals surface area contributed by atoms with E-state index in [9.17, 15) is 9.59 Å². The van der Waals surface area contributed by atoms with Crippen molar-refractivity contribution in [1.29, 1.82) is 0 Å². The Hall–Kier alpha value is -2.21. The van der Waals surface area contributed by atoms with Crippen LogP contribution < -0.4 is 10.9 Å². The van der Waals surface area contributed by atoms with Crippen molar-refractivity contribution in [2.75, 3.05) is 13.1 Å². The molecule has 1 N–H and O–H groups in total. The van der Waals surface area contributed by atoms with Gasteiger partial charge in [-0.25, -0.2) is 4.98 Å². The van der Waals surface area contributed by atoms with Crippen LogP contribution >= 0.6 is 0 Å². The molecule has 1 aromatic carbocycles. The highest BCUT2D eigenvalue weighted by Gasteiger charge is 2.27. The van der Waals surface area contributed by atoms with Crippen molar-refractivity contribution in [3.05, 3.63) is 40.9 Å². The molecule has 1 aromatic heterocycles. The molecule has 6 nitrogen and oxygen atoms in total. The number of nitrogens with zero attached hydrogens (tertiary/aromatic N) is 3. The number of carbonyl (C=O) groups is 1.